The molecule has 25 heavy (non-hydrogen) atoms. The summed E-state index contributed by atoms with van der Waals surface area (Å²) in [5.74, 6) is -0.0200. The predicted octanol–water partition coefficient (Wildman–Crippen LogP) is -0.0557. The van der Waals surface area contributed by atoms with Crippen molar-refractivity contribution in [2.45, 2.75) is 6.54 Å². The topological polar surface area (TPSA) is 50.3 Å². The first kappa shape index (κ1) is 18.3. The summed E-state index contributed by atoms with van der Waals surface area (Å²) in [4.78, 5) is 16.0. The number of piperazine rings is 1. The molecule has 2 heterocycles. The first-order valence-corrected chi connectivity index (χ1v) is 10.1. The Morgan fingerprint density at radius 2 is 1.84 bits per heavy atom. The van der Waals surface area contributed by atoms with Crippen LogP contribution in [0.1, 0.15) is 10.4 Å². The number of hydrazone groups is 1. The molecule has 1 aromatic heterocycles. The maximum atomic E-state index is 12.0. The van der Waals surface area contributed by atoms with E-state index in [1.165, 1.54) is 10.5 Å². The zero-order valence-electron chi connectivity index (χ0n) is 14.0. The molecule has 2 aromatic rings. The Morgan fingerprint density at radius 1 is 1.12 bits per heavy atom. The molecule has 0 aliphatic carbocycles. The first-order chi connectivity index (χ1) is 12.2. The van der Waals surface area contributed by atoms with Gasteiger partial charge in [0.05, 0.1) is 10.0 Å². The molecule has 1 aromatic carbocycles. The van der Waals surface area contributed by atoms with Crippen molar-refractivity contribution in [3.05, 3.63) is 56.7 Å². The van der Waals surface area contributed by atoms with Gasteiger partial charge in [-0.2, -0.15) is 5.10 Å². The number of halogens is 1. The van der Waals surface area contributed by atoms with E-state index in [0.29, 0.717) is 6.54 Å². The number of nitrogens with zero attached hydrogens (tertiary/aromatic N) is 1. The lowest BCUT2D eigenvalue weighted by molar-refractivity contribution is -1.02. The van der Waals surface area contributed by atoms with E-state index in [4.69, 9.17) is 0 Å². The number of hydrogen-bond acceptors (Lipinski definition) is 3. The summed E-state index contributed by atoms with van der Waals surface area (Å²) in [5, 5.41) is 4.04. The van der Waals surface area contributed by atoms with Gasteiger partial charge in [0, 0.05) is 10.4 Å². The molecule has 0 spiro atoms. The van der Waals surface area contributed by atoms with Gasteiger partial charge < -0.3 is 9.80 Å². The number of rotatable bonds is 6. The van der Waals surface area contributed by atoms with Gasteiger partial charge in [-0.3, -0.25) is 4.79 Å². The summed E-state index contributed by atoms with van der Waals surface area (Å²) in [6.45, 7) is 5.81. The Bertz CT molecular complexity index is 711. The second-order valence-corrected chi connectivity index (χ2v) is 8.77. The Kier molecular flexibility index (Phi) is 6.75. The molecule has 3 N–H and O–H groups in total. The van der Waals surface area contributed by atoms with Crippen molar-refractivity contribution < 1.29 is 14.6 Å². The van der Waals surface area contributed by atoms with Gasteiger partial charge in [-0.05, 0) is 28.1 Å². The van der Waals surface area contributed by atoms with E-state index in [0.717, 1.165) is 41.4 Å². The standard InChI is InChI=1S/C18H21BrN4OS/c19-17-7-6-16(25-17)12-20-21-18(24)14-23-10-8-22(9-11-23)13-15-4-2-1-3-5-15/h1-7,12H,8-11,13-14H2,(H,21,24)/p+2. The molecular weight excluding hydrogens is 400 g/mol. The normalized spacial score (nSPS) is 20.7. The molecule has 0 bridgehead atoms. The molecule has 5 nitrogen and oxygen atoms in total. The second-order valence-electron chi connectivity index (χ2n) is 6.27. The third-order valence-corrected chi connectivity index (χ3v) is 5.90. The lowest BCUT2D eigenvalue weighted by atomic mass is 10.2. The highest BCUT2D eigenvalue weighted by Gasteiger charge is 2.24. The third kappa shape index (κ3) is 6.04. The van der Waals surface area contributed by atoms with Crippen molar-refractivity contribution in [1.82, 2.24) is 5.43 Å². The van der Waals surface area contributed by atoms with Crippen LogP contribution < -0.4 is 15.2 Å². The fourth-order valence-electron chi connectivity index (χ4n) is 3.03. The van der Waals surface area contributed by atoms with E-state index in [-0.39, 0.29) is 5.91 Å². The van der Waals surface area contributed by atoms with Crippen molar-refractivity contribution in [2.24, 2.45) is 5.10 Å². The Morgan fingerprint density at radius 3 is 2.52 bits per heavy atom. The SMILES string of the molecule is O=C(C[NH+]1CC[NH+](Cc2ccccc2)CC1)NN=Cc1ccc(Br)s1. The third-order valence-electron chi connectivity index (χ3n) is 4.35. The highest BCUT2D eigenvalue weighted by Crippen LogP contribution is 2.20. The average Bonchev–Trinajstić information content (AvgIpc) is 3.03. The van der Waals surface area contributed by atoms with Crippen LogP contribution in [-0.2, 0) is 11.3 Å². The minimum atomic E-state index is -0.0200. The molecular formula is C18H23BrN4OS+2. The number of hydrogen-bond donors (Lipinski definition) is 3. The lowest BCUT2D eigenvalue weighted by Gasteiger charge is -2.29. The lowest BCUT2D eigenvalue weighted by Crippen LogP contribution is -3.28. The summed E-state index contributed by atoms with van der Waals surface area (Å²) in [6.07, 6.45) is 1.69. The van der Waals surface area contributed by atoms with Crippen molar-refractivity contribution in [3.8, 4) is 0 Å². The van der Waals surface area contributed by atoms with Crippen molar-refractivity contribution in [2.75, 3.05) is 32.7 Å². The minimum Gasteiger partial charge on any atom is -0.322 e. The van der Waals surface area contributed by atoms with Crippen molar-refractivity contribution in [1.29, 1.82) is 0 Å². The molecule has 7 heteroatoms. The summed E-state index contributed by atoms with van der Waals surface area (Å²) in [6, 6.07) is 14.5. The van der Waals surface area contributed by atoms with Gasteiger partial charge >= 0.3 is 0 Å². The number of carbonyl (C=O) groups is 1. The molecule has 0 atom stereocenters. The number of amides is 1. The second kappa shape index (κ2) is 9.24. The van der Waals surface area contributed by atoms with E-state index in [1.54, 1.807) is 22.5 Å². The number of benzene rings is 1. The first-order valence-electron chi connectivity index (χ1n) is 8.47. The number of nitrogens with one attached hydrogen (secondary N) is 3. The minimum absolute atomic E-state index is 0.0200. The molecule has 1 saturated heterocycles. The maximum Gasteiger partial charge on any atom is 0.295 e. The Labute approximate surface area is 160 Å². The van der Waals surface area contributed by atoms with E-state index < -0.39 is 0 Å². The smallest absolute Gasteiger partial charge is 0.295 e. The van der Waals surface area contributed by atoms with Crippen molar-refractivity contribution >= 4 is 39.4 Å². The molecule has 1 amide bonds. The molecule has 1 aliphatic heterocycles. The monoisotopic (exact) mass is 422 g/mol. The van der Waals surface area contributed by atoms with Gasteiger partial charge in [-0.15, -0.1) is 11.3 Å². The predicted molar refractivity (Wildman–Crippen MR) is 104 cm³/mol. The van der Waals surface area contributed by atoms with E-state index in [2.05, 4.69) is 56.8 Å². The van der Waals surface area contributed by atoms with Crippen LogP contribution in [-0.4, -0.2) is 44.8 Å². The van der Waals surface area contributed by atoms with E-state index in [1.807, 2.05) is 12.1 Å². The Balaban J connectivity index is 1.37. The largest absolute Gasteiger partial charge is 0.322 e. The van der Waals surface area contributed by atoms with Crippen LogP contribution in [0.4, 0.5) is 0 Å². The van der Waals surface area contributed by atoms with E-state index in [9.17, 15) is 4.79 Å². The summed E-state index contributed by atoms with van der Waals surface area (Å²) in [5.41, 5.74) is 4.02. The zero-order valence-corrected chi connectivity index (χ0v) is 16.4. The van der Waals surface area contributed by atoms with Crippen LogP contribution in [0.3, 0.4) is 0 Å². The van der Waals surface area contributed by atoms with Gasteiger partial charge in [-0.25, -0.2) is 5.43 Å². The van der Waals surface area contributed by atoms with Gasteiger partial charge in [0.25, 0.3) is 5.91 Å². The van der Waals surface area contributed by atoms with Crippen LogP contribution in [0.5, 0.6) is 0 Å². The highest BCUT2D eigenvalue weighted by atomic mass is 79.9. The summed E-state index contributed by atoms with van der Waals surface area (Å²) < 4.78 is 1.06. The van der Waals surface area contributed by atoms with Crippen LogP contribution in [0.25, 0.3) is 0 Å². The van der Waals surface area contributed by atoms with Crippen LogP contribution in [0, 0.1) is 0 Å². The van der Waals surface area contributed by atoms with Crippen LogP contribution in [0.15, 0.2) is 51.4 Å². The fraction of sp³-hybridized carbons (Fsp3) is 0.333. The fourth-order valence-corrected chi connectivity index (χ4v) is 4.32. The maximum absolute atomic E-state index is 12.0. The number of carbonyl (C=O) groups excluding carboxylic acids is 1. The molecule has 0 unspecified atom stereocenters. The quantitative estimate of drug-likeness (QED) is 0.443. The molecule has 0 radical (unpaired) electrons. The molecule has 3 rings (SSSR count). The van der Waals surface area contributed by atoms with Crippen molar-refractivity contribution in [3.63, 3.8) is 0 Å². The molecule has 132 valence electrons. The van der Waals surface area contributed by atoms with Gasteiger partial charge in [0.15, 0.2) is 6.54 Å². The van der Waals surface area contributed by atoms with Crippen LogP contribution >= 0.6 is 27.3 Å². The summed E-state index contributed by atoms with van der Waals surface area (Å²) >= 11 is 4.99. The number of thiophene rings is 1. The van der Waals surface area contributed by atoms with Gasteiger partial charge in [0.2, 0.25) is 0 Å². The molecule has 1 fully saturated rings. The molecule has 1 aliphatic rings. The van der Waals surface area contributed by atoms with E-state index >= 15 is 0 Å². The Hall–Kier alpha value is -1.54. The van der Waals surface area contributed by atoms with Gasteiger partial charge in [0.1, 0.15) is 32.7 Å². The van der Waals surface area contributed by atoms with Gasteiger partial charge in [-0.1, -0.05) is 30.3 Å². The summed E-state index contributed by atoms with van der Waals surface area (Å²) in [7, 11) is 0. The molecule has 0 saturated carbocycles. The highest BCUT2D eigenvalue weighted by molar-refractivity contribution is 9.11. The average molecular weight is 423 g/mol. The zero-order chi connectivity index (χ0) is 17.5. The van der Waals surface area contributed by atoms with Crippen LogP contribution in [0.2, 0.25) is 0 Å². The number of quaternary nitrogens is 2.